The van der Waals surface area contributed by atoms with Gasteiger partial charge in [-0.3, -0.25) is 9.55 Å². The Kier molecular flexibility index (Phi) is 3.35. The first-order valence-electron chi connectivity index (χ1n) is 9.61. The number of pyridine rings is 1. The van der Waals surface area contributed by atoms with Crippen LogP contribution in [0.5, 0.6) is 0 Å². The van der Waals surface area contributed by atoms with Gasteiger partial charge in [0, 0.05) is 28.2 Å². The highest BCUT2D eigenvalue weighted by atomic mass is 16.3. The molecule has 3 aromatic heterocycles. The number of furan rings is 1. The first-order valence-corrected chi connectivity index (χ1v) is 9.61. The summed E-state index contributed by atoms with van der Waals surface area (Å²) in [5, 5.41) is 2.21. The molecule has 6 aromatic rings. The number of nitrogens with zero attached hydrogens (tertiary/aromatic N) is 3. The second kappa shape index (κ2) is 6.04. The molecule has 0 saturated carbocycles. The average Bonchev–Trinajstić information content (AvgIpc) is 3.33. The van der Waals surface area contributed by atoms with Gasteiger partial charge in [0.1, 0.15) is 17.0 Å². The van der Waals surface area contributed by atoms with Gasteiger partial charge in [-0.25, -0.2) is 4.98 Å². The Morgan fingerprint density at radius 3 is 2.48 bits per heavy atom. The molecule has 3 heterocycles. The molecule has 0 bridgehead atoms. The molecular weight excluding hydrogens is 358 g/mol. The van der Waals surface area contributed by atoms with E-state index in [0.717, 1.165) is 55.7 Å². The maximum atomic E-state index is 6.00. The normalized spacial score (nSPS) is 11.6. The minimum Gasteiger partial charge on any atom is -0.456 e. The smallest absolute Gasteiger partial charge is 0.145 e. The van der Waals surface area contributed by atoms with Crippen molar-refractivity contribution in [2.45, 2.75) is 6.92 Å². The predicted molar refractivity (Wildman–Crippen MR) is 116 cm³/mol. The van der Waals surface area contributed by atoms with Crippen LogP contribution in [-0.2, 0) is 0 Å². The summed E-state index contributed by atoms with van der Waals surface area (Å²) in [6.07, 6.45) is 1.82. The Hall–Kier alpha value is -3.92. The van der Waals surface area contributed by atoms with E-state index in [0.29, 0.717) is 0 Å². The largest absolute Gasteiger partial charge is 0.456 e. The third-order valence-corrected chi connectivity index (χ3v) is 5.40. The van der Waals surface area contributed by atoms with Crippen molar-refractivity contribution in [1.29, 1.82) is 0 Å². The molecule has 0 aliphatic rings. The first-order chi connectivity index (χ1) is 14.3. The van der Waals surface area contributed by atoms with Crippen molar-refractivity contribution in [2.24, 2.45) is 0 Å². The highest BCUT2D eigenvalue weighted by molar-refractivity contribution is 6.06. The Morgan fingerprint density at radius 1 is 0.793 bits per heavy atom. The lowest BCUT2D eigenvalue weighted by molar-refractivity contribution is 0.669. The molecule has 0 fully saturated rings. The fourth-order valence-electron chi connectivity index (χ4n) is 4.07. The fourth-order valence-corrected chi connectivity index (χ4v) is 4.07. The van der Waals surface area contributed by atoms with Gasteiger partial charge in [-0.05, 0) is 49.4 Å². The number of hydrogen-bond donors (Lipinski definition) is 0. The Labute approximate surface area is 167 Å². The molecule has 4 nitrogen and oxygen atoms in total. The van der Waals surface area contributed by atoms with E-state index in [2.05, 4.69) is 39.9 Å². The van der Waals surface area contributed by atoms with Crippen LogP contribution < -0.4 is 0 Å². The maximum Gasteiger partial charge on any atom is 0.145 e. The number of rotatable bonds is 2. The molecule has 0 amide bonds. The Morgan fingerprint density at radius 2 is 1.59 bits per heavy atom. The summed E-state index contributed by atoms with van der Waals surface area (Å²) >= 11 is 0. The second-order valence-electron chi connectivity index (χ2n) is 7.18. The van der Waals surface area contributed by atoms with E-state index in [4.69, 9.17) is 9.40 Å². The van der Waals surface area contributed by atoms with E-state index in [1.807, 2.05) is 61.7 Å². The molecule has 0 saturated heterocycles. The molecule has 4 heteroatoms. The summed E-state index contributed by atoms with van der Waals surface area (Å²) < 4.78 is 8.19. The highest BCUT2D eigenvalue weighted by Gasteiger charge is 2.17. The van der Waals surface area contributed by atoms with Crippen LogP contribution in [0.3, 0.4) is 0 Å². The van der Waals surface area contributed by atoms with Crippen LogP contribution in [0.4, 0.5) is 0 Å². The van der Waals surface area contributed by atoms with Crippen molar-refractivity contribution in [2.75, 3.05) is 0 Å². The van der Waals surface area contributed by atoms with Crippen molar-refractivity contribution in [1.82, 2.24) is 14.5 Å². The van der Waals surface area contributed by atoms with Crippen LogP contribution in [0.15, 0.2) is 89.5 Å². The lowest BCUT2D eigenvalue weighted by Gasteiger charge is -2.10. The van der Waals surface area contributed by atoms with Gasteiger partial charge in [-0.1, -0.05) is 36.4 Å². The summed E-state index contributed by atoms with van der Waals surface area (Å²) in [6.45, 7) is 2.03. The number of para-hydroxylation sites is 2. The zero-order valence-electron chi connectivity index (χ0n) is 15.8. The number of aromatic nitrogens is 3. The van der Waals surface area contributed by atoms with Crippen molar-refractivity contribution in [3.05, 3.63) is 90.8 Å². The molecule has 29 heavy (non-hydrogen) atoms. The van der Waals surface area contributed by atoms with E-state index in [-0.39, 0.29) is 0 Å². The third kappa shape index (κ3) is 2.39. The summed E-state index contributed by atoms with van der Waals surface area (Å²) in [5.74, 6) is 0.898. The molecule has 0 aliphatic carbocycles. The van der Waals surface area contributed by atoms with Gasteiger partial charge in [0.2, 0.25) is 0 Å². The van der Waals surface area contributed by atoms with Crippen LogP contribution in [0, 0.1) is 6.92 Å². The van der Waals surface area contributed by atoms with E-state index in [9.17, 15) is 0 Å². The lowest BCUT2D eigenvalue weighted by atomic mass is 10.1. The average molecular weight is 375 g/mol. The van der Waals surface area contributed by atoms with E-state index < -0.39 is 0 Å². The van der Waals surface area contributed by atoms with Crippen LogP contribution in [0.1, 0.15) is 5.69 Å². The summed E-state index contributed by atoms with van der Waals surface area (Å²) in [7, 11) is 0. The van der Waals surface area contributed by atoms with E-state index >= 15 is 0 Å². The van der Waals surface area contributed by atoms with Crippen LogP contribution in [0.25, 0.3) is 50.0 Å². The van der Waals surface area contributed by atoms with Crippen molar-refractivity contribution >= 4 is 33.0 Å². The minimum absolute atomic E-state index is 0.884. The molecule has 3 aromatic carbocycles. The van der Waals surface area contributed by atoms with E-state index in [1.165, 1.54) is 0 Å². The van der Waals surface area contributed by atoms with Gasteiger partial charge < -0.3 is 4.42 Å². The fraction of sp³-hybridized carbons (Fsp3) is 0.0400. The first kappa shape index (κ1) is 16.1. The second-order valence-corrected chi connectivity index (χ2v) is 7.18. The SMILES string of the molecule is Cc1nccc2nc(-c3ccc4oc5ccccc5c4c3)n(-c3ccccc3)c12. The van der Waals surface area contributed by atoms with Gasteiger partial charge >= 0.3 is 0 Å². The number of hydrogen-bond acceptors (Lipinski definition) is 3. The van der Waals surface area contributed by atoms with Gasteiger partial charge in [0.05, 0.1) is 16.7 Å². The lowest BCUT2D eigenvalue weighted by Crippen LogP contribution is -1.99. The number of benzene rings is 3. The Balaban J connectivity index is 1.69. The van der Waals surface area contributed by atoms with Gasteiger partial charge in [0.25, 0.3) is 0 Å². The van der Waals surface area contributed by atoms with Crippen molar-refractivity contribution in [3.8, 4) is 17.1 Å². The number of aryl methyl sites for hydroxylation is 1. The quantitative estimate of drug-likeness (QED) is 0.357. The molecule has 0 radical (unpaired) electrons. The molecule has 0 aliphatic heterocycles. The van der Waals surface area contributed by atoms with Gasteiger partial charge in [-0.2, -0.15) is 0 Å². The van der Waals surface area contributed by atoms with Crippen LogP contribution in [-0.4, -0.2) is 14.5 Å². The highest BCUT2D eigenvalue weighted by Crippen LogP contribution is 2.34. The number of fused-ring (bicyclic) bond motifs is 4. The van der Waals surface area contributed by atoms with E-state index in [1.54, 1.807) is 0 Å². The minimum atomic E-state index is 0.884. The maximum absolute atomic E-state index is 6.00. The van der Waals surface area contributed by atoms with Gasteiger partial charge in [0.15, 0.2) is 0 Å². The monoisotopic (exact) mass is 375 g/mol. The summed E-state index contributed by atoms with van der Waals surface area (Å²) in [5.41, 5.74) is 6.83. The van der Waals surface area contributed by atoms with Crippen LogP contribution >= 0.6 is 0 Å². The van der Waals surface area contributed by atoms with Crippen LogP contribution in [0.2, 0.25) is 0 Å². The van der Waals surface area contributed by atoms with Crippen molar-refractivity contribution < 1.29 is 4.42 Å². The summed E-state index contributed by atoms with van der Waals surface area (Å²) in [4.78, 5) is 9.49. The third-order valence-electron chi connectivity index (χ3n) is 5.40. The standard InChI is InChI=1S/C25H17N3O/c1-16-24-21(13-14-26-16)27-25(28(24)18-7-3-2-4-8-18)17-11-12-23-20(15-17)19-9-5-6-10-22(19)29-23/h2-15H,1H3. The Bertz CT molecular complexity index is 1510. The van der Waals surface area contributed by atoms with Crippen molar-refractivity contribution in [3.63, 3.8) is 0 Å². The molecule has 0 spiro atoms. The zero-order valence-corrected chi connectivity index (χ0v) is 15.8. The number of imidazole rings is 1. The van der Waals surface area contributed by atoms with Gasteiger partial charge in [-0.15, -0.1) is 0 Å². The molecule has 0 atom stereocenters. The summed E-state index contributed by atoms with van der Waals surface area (Å²) in [6, 6.07) is 26.7. The molecule has 138 valence electrons. The zero-order chi connectivity index (χ0) is 19.4. The topological polar surface area (TPSA) is 43.9 Å². The molecular formula is C25H17N3O. The molecule has 6 rings (SSSR count). The molecule has 0 N–H and O–H groups in total. The predicted octanol–water partition coefficient (Wildman–Crippen LogP) is 6.30. The molecule has 0 unspecified atom stereocenters.